The van der Waals surface area contributed by atoms with Crippen LogP contribution in [0.2, 0.25) is 0 Å². The van der Waals surface area contributed by atoms with E-state index in [4.69, 9.17) is 21.8 Å². The Hall–Kier alpha value is -1.33. The molecular weight excluding hydrogens is 346 g/mol. The summed E-state index contributed by atoms with van der Waals surface area (Å²) in [5.41, 5.74) is 6.41. The molecule has 0 saturated carbocycles. The molecule has 0 aliphatic carbocycles. The van der Waals surface area contributed by atoms with Gasteiger partial charge >= 0.3 is 0 Å². The number of ketones is 1. The third kappa shape index (κ3) is 2.74. The standard InChI is InChI=1S/C14H13BrClNO3/c1-7(10(18)4-5-16)12-9-6-8(15)2-3-11(9)20-13(12)14(17)19/h2-3,6-7H,4-5H2,1H3,(H2,17,19). The maximum atomic E-state index is 12.1. The number of carbonyl (C=O) groups excluding carboxylic acids is 2. The van der Waals surface area contributed by atoms with E-state index in [2.05, 4.69) is 15.9 Å². The summed E-state index contributed by atoms with van der Waals surface area (Å²) >= 11 is 8.97. The quantitative estimate of drug-likeness (QED) is 0.830. The monoisotopic (exact) mass is 357 g/mol. The molecule has 2 N–H and O–H groups in total. The van der Waals surface area contributed by atoms with Gasteiger partial charge < -0.3 is 10.2 Å². The summed E-state index contributed by atoms with van der Waals surface area (Å²) in [7, 11) is 0. The van der Waals surface area contributed by atoms with Crippen LogP contribution in [0.3, 0.4) is 0 Å². The number of halogens is 2. The summed E-state index contributed by atoms with van der Waals surface area (Å²) in [5, 5.41) is 0.712. The minimum absolute atomic E-state index is 0.0357. The molecule has 1 heterocycles. The van der Waals surface area contributed by atoms with Gasteiger partial charge in [0.2, 0.25) is 0 Å². The summed E-state index contributed by atoms with van der Waals surface area (Å²) in [4.78, 5) is 23.6. The third-order valence-corrected chi connectivity index (χ3v) is 3.85. The summed E-state index contributed by atoms with van der Waals surface area (Å²) in [6.07, 6.45) is 0.238. The van der Waals surface area contributed by atoms with Gasteiger partial charge in [-0.25, -0.2) is 0 Å². The van der Waals surface area contributed by atoms with Crippen molar-refractivity contribution in [2.75, 3.05) is 5.88 Å². The lowest BCUT2D eigenvalue weighted by Crippen LogP contribution is -2.17. The second-order valence-electron chi connectivity index (χ2n) is 4.48. The molecule has 1 aromatic heterocycles. The van der Waals surface area contributed by atoms with Crippen LogP contribution in [0, 0.1) is 0 Å². The van der Waals surface area contributed by atoms with Gasteiger partial charge in [-0.3, -0.25) is 9.59 Å². The van der Waals surface area contributed by atoms with Gasteiger partial charge in [-0.15, -0.1) is 11.6 Å². The molecule has 0 bridgehead atoms. The maximum absolute atomic E-state index is 12.1. The number of furan rings is 1. The average molecular weight is 359 g/mol. The first-order valence-electron chi connectivity index (χ1n) is 6.06. The van der Waals surface area contributed by atoms with Crippen molar-refractivity contribution in [3.63, 3.8) is 0 Å². The lowest BCUT2D eigenvalue weighted by atomic mass is 9.92. The molecule has 6 heteroatoms. The summed E-state index contributed by atoms with van der Waals surface area (Å²) in [6, 6.07) is 5.34. The Bertz CT molecular complexity index is 680. The van der Waals surface area contributed by atoms with Gasteiger partial charge in [0.1, 0.15) is 11.4 Å². The zero-order valence-corrected chi connectivity index (χ0v) is 13.1. The molecule has 1 unspecified atom stereocenters. The Morgan fingerprint density at radius 1 is 1.45 bits per heavy atom. The number of primary amides is 1. The molecule has 0 saturated heterocycles. The van der Waals surface area contributed by atoms with Crippen molar-refractivity contribution in [3.8, 4) is 0 Å². The minimum atomic E-state index is -0.683. The van der Waals surface area contributed by atoms with Gasteiger partial charge in [0, 0.05) is 33.6 Å². The summed E-state index contributed by atoms with van der Waals surface area (Å²) < 4.78 is 6.32. The van der Waals surface area contributed by atoms with Crippen LogP contribution in [0.4, 0.5) is 0 Å². The Morgan fingerprint density at radius 2 is 2.15 bits per heavy atom. The van der Waals surface area contributed by atoms with E-state index in [1.165, 1.54) is 0 Å². The maximum Gasteiger partial charge on any atom is 0.284 e. The Labute approximate surface area is 129 Å². The average Bonchev–Trinajstić information content (AvgIpc) is 2.76. The molecule has 2 aromatic rings. The number of amides is 1. The number of fused-ring (bicyclic) bond motifs is 1. The fourth-order valence-electron chi connectivity index (χ4n) is 2.17. The van der Waals surface area contributed by atoms with Crippen molar-refractivity contribution >= 4 is 50.2 Å². The number of hydrogen-bond donors (Lipinski definition) is 1. The fraction of sp³-hybridized carbons (Fsp3) is 0.286. The highest BCUT2D eigenvalue weighted by molar-refractivity contribution is 9.10. The van der Waals surface area contributed by atoms with Crippen LogP contribution in [0.25, 0.3) is 11.0 Å². The van der Waals surface area contributed by atoms with Gasteiger partial charge in [-0.05, 0) is 18.2 Å². The molecule has 1 aromatic carbocycles. The zero-order valence-electron chi connectivity index (χ0n) is 10.8. The van der Waals surface area contributed by atoms with Crippen LogP contribution in [0.5, 0.6) is 0 Å². The molecule has 0 spiro atoms. The minimum Gasteiger partial charge on any atom is -0.451 e. The van der Waals surface area contributed by atoms with Crippen molar-refractivity contribution < 1.29 is 14.0 Å². The first-order valence-corrected chi connectivity index (χ1v) is 7.39. The van der Waals surface area contributed by atoms with Crippen LogP contribution >= 0.6 is 27.5 Å². The molecule has 106 valence electrons. The normalized spacial score (nSPS) is 12.6. The van der Waals surface area contributed by atoms with E-state index in [0.29, 0.717) is 16.5 Å². The summed E-state index contributed by atoms with van der Waals surface area (Å²) in [6.45, 7) is 1.73. The van der Waals surface area contributed by atoms with Crippen LogP contribution < -0.4 is 5.73 Å². The van der Waals surface area contributed by atoms with E-state index in [-0.39, 0.29) is 23.8 Å². The topological polar surface area (TPSA) is 73.3 Å². The predicted molar refractivity (Wildman–Crippen MR) is 81.2 cm³/mol. The molecular formula is C14H13BrClNO3. The highest BCUT2D eigenvalue weighted by Gasteiger charge is 2.26. The van der Waals surface area contributed by atoms with E-state index in [0.717, 1.165) is 4.47 Å². The van der Waals surface area contributed by atoms with Gasteiger partial charge in [-0.2, -0.15) is 0 Å². The highest BCUT2D eigenvalue weighted by Crippen LogP contribution is 2.34. The van der Waals surface area contributed by atoms with Crippen LogP contribution in [-0.4, -0.2) is 17.6 Å². The van der Waals surface area contributed by atoms with Gasteiger partial charge in [0.25, 0.3) is 5.91 Å². The van der Waals surface area contributed by atoms with Crippen molar-refractivity contribution in [2.24, 2.45) is 5.73 Å². The van der Waals surface area contributed by atoms with Crippen LogP contribution in [-0.2, 0) is 4.79 Å². The number of rotatable bonds is 5. The Balaban J connectivity index is 2.64. The molecule has 0 fully saturated rings. The lowest BCUT2D eigenvalue weighted by Gasteiger charge is -2.09. The van der Waals surface area contributed by atoms with Gasteiger partial charge in [0.15, 0.2) is 5.76 Å². The number of Topliss-reactive ketones (excluding diaryl/α,β-unsaturated/α-hetero) is 1. The van der Waals surface area contributed by atoms with Crippen molar-refractivity contribution in [3.05, 3.63) is 34.0 Å². The van der Waals surface area contributed by atoms with E-state index in [1.807, 2.05) is 6.07 Å². The van der Waals surface area contributed by atoms with Gasteiger partial charge in [-0.1, -0.05) is 22.9 Å². The first kappa shape index (κ1) is 15.1. The van der Waals surface area contributed by atoms with Crippen LogP contribution in [0.15, 0.2) is 27.1 Å². The number of carbonyl (C=O) groups is 2. The molecule has 0 aliphatic rings. The number of hydrogen-bond acceptors (Lipinski definition) is 3. The summed E-state index contributed by atoms with van der Waals surface area (Å²) in [5.74, 6) is -0.947. The van der Waals surface area contributed by atoms with E-state index in [9.17, 15) is 9.59 Å². The Morgan fingerprint density at radius 3 is 2.75 bits per heavy atom. The van der Waals surface area contributed by atoms with Crippen molar-refractivity contribution in [2.45, 2.75) is 19.3 Å². The predicted octanol–water partition coefficient (Wildman–Crippen LogP) is 3.60. The lowest BCUT2D eigenvalue weighted by molar-refractivity contribution is -0.119. The van der Waals surface area contributed by atoms with Gasteiger partial charge in [0.05, 0.1) is 0 Å². The second kappa shape index (κ2) is 5.97. The van der Waals surface area contributed by atoms with Crippen LogP contribution in [0.1, 0.15) is 35.4 Å². The molecule has 1 amide bonds. The molecule has 20 heavy (non-hydrogen) atoms. The molecule has 1 atom stereocenters. The van der Waals surface area contributed by atoms with E-state index < -0.39 is 11.8 Å². The van der Waals surface area contributed by atoms with E-state index in [1.54, 1.807) is 19.1 Å². The molecule has 2 rings (SSSR count). The SMILES string of the molecule is CC(C(=O)CCCl)c1c(C(N)=O)oc2ccc(Br)cc12. The Kier molecular flexibility index (Phi) is 4.50. The third-order valence-electron chi connectivity index (χ3n) is 3.17. The van der Waals surface area contributed by atoms with Crippen molar-refractivity contribution in [1.82, 2.24) is 0 Å². The second-order valence-corrected chi connectivity index (χ2v) is 5.77. The zero-order chi connectivity index (χ0) is 14.9. The molecule has 0 aliphatic heterocycles. The smallest absolute Gasteiger partial charge is 0.284 e. The fourth-order valence-corrected chi connectivity index (χ4v) is 2.72. The highest BCUT2D eigenvalue weighted by atomic mass is 79.9. The van der Waals surface area contributed by atoms with Crippen molar-refractivity contribution in [1.29, 1.82) is 0 Å². The number of benzene rings is 1. The largest absolute Gasteiger partial charge is 0.451 e. The molecule has 4 nitrogen and oxygen atoms in total. The number of nitrogens with two attached hydrogens (primary N) is 1. The first-order chi connectivity index (χ1) is 9.45. The van der Waals surface area contributed by atoms with E-state index >= 15 is 0 Å². The number of alkyl halides is 1. The molecule has 0 radical (unpaired) electrons.